The summed E-state index contributed by atoms with van der Waals surface area (Å²) in [7, 11) is 0. The van der Waals surface area contributed by atoms with Gasteiger partial charge in [-0.2, -0.15) is 0 Å². The van der Waals surface area contributed by atoms with Crippen molar-refractivity contribution in [3.63, 3.8) is 0 Å². The first kappa shape index (κ1) is 11.4. The fraction of sp³-hybridized carbons (Fsp3) is 0.545. The second-order valence-corrected chi connectivity index (χ2v) is 5.39. The number of hydrogen-bond acceptors (Lipinski definition) is 3. The minimum Gasteiger partial charge on any atom is -0.308 e. The fourth-order valence-corrected chi connectivity index (χ4v) is 1.62. The highest BCUT2D eigenvalue weighted by atomic mass is 32.1. The highest BCUT2D eigenvalue weighted by Gasteiger charge is 2.07. The highest BCUT2D eigenvalue weighted by molar-refractivity contribution is 7.10. The molecule has 0 amide bonds. The molecule has 1 aromatic heterocycles. The second-order valence-electron chi connectivity index (χ2n) is 4.46. The van der Waals surface area contributed by atoms with Gasteiger partial charge in [0.1, 0.15) is 5.01 Å². The van der Waals surface area contributed by atoms with Gasteiger partial charge in [0.05, 0.1) is 0 Å². The quantitative estimate of drug-likeness (QED) is 0.829. The van der Waals surface area contributed by atoms with Gasteiger partial charge in [-0.3, -0.25) is 0 Å². The third kappa shape index (κ3) is 4.53. The van der Waals surface area contributed by atoms with E-state index in [-0.39, 0.29) is 5.54 Å². The standard InChI is InChI=1S/C11H18N2S/c1-9(8-13-11(2,3)4)7-10-12-5-6-14-10/h5-7,13H,8H2,1-4H3/b9-7-. The normalized spacial score (nSPS) is 13.3. The van der Waals surface area contributed by atoms with Crippen molar-refractivity contribution in [3.8, 4) is 0 Å². The molecule has 2 nitrogen and oxygen atoms in total. The topological polar surface area (TPSA) is 24.9 Å². The van der Waals surface area contributed by atoms with Crippen LogP contribution < -0.4 is 5.32 Å². The van der Waals surface area contributed by atoms with Crippen molar-refractivity contribution in [1.82, 2.24) is 10.3 Å². The molecule has 3 heteroatoms. The Bertz CT molecular complexity index is 294. The summed E-state index contributed by atoms with van der Waals surface area (Å²) in [6, 6.07) is 0. The van der Waals surface area contributed by atoms with Crippen LogP contribution in [0.1, 0.15) is 32.7 Å². The number of rotatable bonds is 3. The van der Waals surface area contributed by atoms with Crippen molar-refractivity contribution in [2.75, 3.05) is 6.54 Å². The predicted octanol–water partition coefficient (Wildman–Crippen LogP) is 2.93. The first-order valence-corrected chi connectivity index (χ1v) is 5.67. The molecule has 0 saturated heterocycles. The molecular weight excluding hydrogens is 192 g/mol. The van der Waals surface area contributed by atoms with Crippen LogP contribution >= 0.6 is 11.3 Å². The molecule has 0 saturated carbocycles. The Balaban J connectivity index is 2.46. The molecule has 1 heterocycles. The van der Waals surface area contributed by atoms with Crippen LogP contribution in [0.2, 0.25) is 0 Å². The molecule has 0 spiro atoms. The van der Waals surface area contributed by atoms with Gasteiger partial charge < -0.3 is 5.32 Å². The molecular formula is C11H18N2S. The zero-order valence-electron chi connectivity index (χ0n) is 9.29. The van der Waals surface area contributed by atoms with E-state index in [0.29, 0.717) is 0 Å². The van der Waals surface area contributed by atoms with Gasteiger partial charge in [-0.05, 0) is 33.8 Å². The minimum absolute atomic E-state index is 0.179. The summed E-state index contributed by atoms with van der Waals surface area (Å²) in [6.07, 6.45) is 3.96. The number of hydrogen-bond donors (Lipinski definition) is 1. The Morgan fingerprint density at radius 1 is 1.57 bits per heavy atom. The van der Waals surface area contributed by atoms with Crippen LogP contribution in [0.3, 0.4) is 0 Å². The van der Waals surface area contributed by atoms with Crippen molar-refractivity contribution in [2.45, 2.75) is 33.2 Å². The smallest absolute Gasteiger partial charge is 0.115 e. The Morgan fingerprint density at radius 2 is 2.29 bits per heavy atom. The lowest BCUT2D eigenvalue weighted by atomic mass is 10.1. The van der Waals surface area contributed by atoms with Gasteiger partial charge in [-0.15, -0.1) is 11.3 Å². The molecule has 0 radical (unpaired) electrons. The molecule has 1 rings (SSSR count). The molecule has 0 aromatic carbocycles. The largest absolute Gasteiger partial charge is 0.308 e. The molecule has 0 aliphatic rings. The molecule has 0 fully saturated rings. The lowest BCUT2D eigenvalue weighted by molar-refractivity contribution is 0.445. The summed E-state index contributed by atoms with van der Waals surface area (Å²) in [5, 5.41) is 6.52. The Hall–Kier alpha value is -0.670. The summed E-state index contributed by atoms with van der Waals surface area (Å²) in [4.78, 5) is 4.21. The maximum absolute atomic E-state index is 4.21. The van der Waals surface area contributed by atoms with Gasteiger partial charge in [0.2, 0.25) is 0 Å². The van der Waals surface area contributed by atoms with Crippen LogP contribution in [0.15, 0.2) is 17.2 Å². The third-order valence-electron chi connectivity index (χ3n) is 1.72. The predicted molar refractivity (Wildman–Crippen MR) is 63.5 cm³/mol. The zero-order chi connectivity index (χ0) is 10.6. The molecule has 1 aromatic rings. The molecule has 0 bridgehead atoms. The molecule has 0 aliphatic carbocycles. The van der Waals surface area contributed by atoms with Gasteiger partial charge >= 0.3 is 0 Å². The molecule has 0 atom stereocenters. The van der Waals surface area contributed by atoms with E-state index in [1.54, 1.807) is 11.3 Å². The summed E-state index contributed by atoms with van der Waals surface area (Å²) >= 11 is 1.67. The van der Waals surface area contributed by atoms with E-state index in [1.807, 2.05) is 11.6 Å². The summed E-state index contributed by atoms with van der Waals surface area (Å²) in [5.74, 6) is 0. The number of aromatic nitrogens is 1. The molecule has 78 valence electrons. The van der Waals surface area contributed by atoms with Crippen molar-refractivity contribution in [3.05, 3.63) is 22.2 Å². The zero-order valence-corrected chi connectivity index (χ0v) is 10.1. The lowest BCUT2D eigenvalue weighted by Gasteiger charge is -2.20. The summed E-state index contributed by atoms with van der Waals surface area (Å²) in [5.41, 5.74) is 1.49. The van der Waals surface area contributed by atoms with Crippen LogP contribution in [0.5, 0.6) is 0 Å². The van der Waals surface area contributed by atoms with E-state index >= 15 is 0 Å². The van der Waals surface area contributed by atoms with Crippen LogP contribution in [0.25, 0.3) is 6.08 Å². The van der Waals surface area contributed by atoms with E-state index in [0.717, 1.165) is 11.6 Å². The Kier molecular flexibility index (Phi) is 3.84. The van der Waals surface area contributed by atoms with E-state index in [9.17, 15) is 0 Å². The number of nitrogens with one attached hydrogen (secondary N) is 1. The van der Waals surface area contributed by atoms with Crippen LogP contribution in [0, 0.1) is 0 Å². The van der Waals surface area contributed by atoms with Crippen LogP contribution in [-0.4, -0.2) is 17.1 Å². The number of thiazole rings is 1. The van der Waals surface area contributed by atoms with E-state index in [4.69, 9.17) is 0 Å². The van der Waals surface area contributed by atoms with E-state index in [1.165, 1.54) is 5.57 Å². The van der Waals surface area contributed by atoms with Gasteiger partial charge in [0.15, 0.2) is 0 Å². The van der Waals surface area contributed by atoms with Gasteiger partial charge in [0.25, 0.3) is 0 Å². The lowest BCUT2D eigenvalue weighted by Crippen LogP contribution is -2.36. The summed E-state index contributed by atoms with van der Waals surface area (Å²) in [6.45, 7) is 9.56. The highest BCUT2D eigenvalue weighted by Crippen LogP contribution is 2.09. The first-order valence-electron chi connectivity index (χ1n) is 4.79. The Labute approximate surface area is 90.1 Å². The van der Waals surface area contributed by atoms with Crippen molar-refractivity contribution in [1.29, 1.82) is 0 Å². The van der Waals surface area contributed by atoms with E-state index in [2.05, 4.69) is 44.1 Å². The maximum atomic E-state index is 4.21. The molecule has 1 N–H and O–H groups in total. The number of nitrogens with zero attached hydrogens (tertiary/aromatic N) is 1. The average Bonchev–Trinajstić information content (AvgIpc) is 2.52. The van der Waals surface area contributed by atoms with Crippen LogP contribution in [0.4, 0.5) is 0 Å². The fourth-order valence-electron chi connectivity index (χ4n) is 0.972. The maximum Gasteiger partial charge on any atom is 0.115 e. The Morgan fingerprint density at radius 3 is 2.79 bits per heavy atom. The van der Waals surface area contributed by atoms with Crippen molar-refractivity contribution >= 4 is 17.4 Å². The third-order valence-corrected chi connectivity index (χ3v) is 2.44. The van der Waals surface area contributed by atoms with Gasteiger partial charge in [-0.1, -0.05) is 5.57 Å². The average molecular weight is 210 g/mol. The van der Waals surface area contributed by atoms with Crippen LogP contribution in [-0.2, 0) is 0 Å². The summed E-state index contributed by atoms with van der Waals surface area (Å²) < 4.78 is 0. The van der Waals surface area contributed by atoms with E-state index < -0.39 is 0 Å². The van der Waals surface area contributed by atoms with Crippen molar-refractivity contribution < 1.29 is 0 Å². The van der Waals surface area contributed by atoms with Gasteiger partial charge in [-0.25, -0.2) is 4.98 Å². The molecule has 14 heavy (non-hydrogen) atoms. The monoisotopic (exact) mass is 210 g/mol. The first-order chi connectivity index (χ1) is 6.47. The molecule has 0 unspecified atom stereocenters. The molecule has 0 aliphatic heterocycles. The van der Waals surface area contributed by atoms with Crippen molar-refractivity contribution in [2.24, 2.45) is 0 Å². The van der Waals surface area contributed by atoms with Gasteiger partial charge in [0, 0.05) is 23.7 Å². The second kappa shape index (κ2) is 4.71. The minimum atomic E-state index is 0.179. The SMILES string of the molecule is C/C(=C/c1nccs1)CNC(C)(C)C.